The lowest BCUT2D eigenvalue weighted by atomic mass is 9.43. The lowest BCUT2D eigenvalue weighted by molar-refractivity contribution is -0.181. The minimum atomic E-state index is -0.113. The summed E-state index contributed by atoms with van der Waals surface area (Å²) in [6.45, 7) is 7.47. The third-order valence-corrected chi connectivity index (χ3v) is 10.7. The van der Waals surface area contributed by atoms with Crippen molar-refractivity contribution in [1.29, 1.82) is 0 Å². The normalized spacial score (nSPS) is 48.9. The van der Waals surface area contributed by atoms with Crippen LogP contribution in [0.1, 0.15) is 85.0 Å². The highest BCUT2D eigenvalue weighted by molar-refractivity contribution is 5.69. The van der Waals surface area contributed by atoms with E-state index in [1.54, 1.807) is 0 Å². The second kappa shape index (κ2) is 8.39. The Kier molecular flexibility index (Phi) is 6.31. The molecule has 0 heterocycles. The van der Waals surface area contributed by atoms with Crippen LogP contribution in [0.15, 0.2) is 0 Å². The molecule has 0 amide bonds. The van der Waals surface area contributed by atoms with Gasteiger partial charge in [0.2, 0.25) is 0 Å². The Balaban J connectivity index is 1.55. The predicted molar refractivity (Wildman–Crippen MR) is 118 cm³/mol. The average molecular weight is 421 g/mol. The zero-order valence-corrected chi connectivity index (χ0v) is 19.9. The summed E-state index contributed by atoms with van der Waals surface area (Å²) in [5.41, 5.74) is 0.736. The fourth-order valence-electron chi connectivity index (χ4n) is 9.05. The molecule has 0 aromatic rings. The summed E-state index contributed by atoms with van der Waals surface area (Å²) in [5, 5.41) is 10.3. The van der Waals surface area contributed by atoms with Crippen LogP contribution in [-0.2, 0) is 14.3 Å². The highest BCUT2D eigenvalue weighted by Crippen LogP contribution is 2.68. The van der Waals surface area contributed by atoms with Crippen LogP contribution in [0, 0.1) is 46.3 Å². The quantitative estimate of drug-likeness (QED) is 0.620. The van der Waals surface area contributed by atoms with Gasteiger partial charge < -0.3 is 14.6 Å². The van der Waals surface area contributed by atoms with E-state index in [0.29, 0.717) is 47.0 Å². The molecule has 0 spiro atoms. The summed E-state index contributed by atoms with van der Waals surface area (Å²) in [6, 6.07) is 0. The molecule has 1 N–H and O–H groups in total. The van der Waals surface area contributed by atoms with E-state index >= 15 is 0 Å². The van der Waals surface area contributed by atoms with Crippen molar-refractivity contribution in [1.82, 2.24) is 0 Å². The lowest BCUT2D eigenvalue weighted by Crippen LogP contribution is -2.59. The van der Waals surface area contributed by atoms with Gasteiger partial charge in [-0.3, -0.25) is 4.79 Å². The molecular weight excluding hydrogens is 376 g/mol. The van der Waals surface area contributed by atoms with Gasteiger partial charge in [-0.05, 0) is 104 Å². The monoisotopic (exact) mass is 420 g/mol. The van der Waals surface area contributed by atoms with E-state index in [1.165, 1.54) is 39.2 Å². The Hall–Kier alpha value is -0.610. The van der Waals surface area contributed by atoms with Crippen LogP contribution in [0.4, 0.5) is 0 Å². The van der Waals surface area contributed by atoms with Gasteiger partial charge in [0.25, 0.3) is 0 Å². The fourth-order valence-corrected chi connectivity index (χ4v) is 9.05. The molecule has 0 bridgehead atoms. The highest BCUT2D eigenvalue weighted by atomic mass is 16.5. The minimum absolute atomic E-state index is 0.0737. The SMILES string of the molecule is COC(=O)CCC(C)[C@H]1CC[C@H]2[C@@H]3C(OC)C[C@@H]4C[C@H](O)CCC4(C)C3CCC12C. The molecule has 0 saturated heterocycles. The van der Waals surface area contributed by atoms with Gasteiger partial charge in [0.1, 0.15) is 0 Å². The number of methoxy groups -OCH3 is 2. The minimum Gasteiger partial charge on any atom is -0.469 e. The standard InChI is InChI=1S/C26H44O4/c1-16(6-9-23(28)30-5)19-7-8-20-24-21(11-13-26(19,20)3)25(2)12-10-18(27)14-17(25)15-22(24)29-4/h16-22,24,27H,6-15H2,1-5H3/t16?,17-,18+,19+,20-,21?,22?,24-,25?,26?/m0/s1. The zero-order chi connectivity index (χ0) is 21.7. The first-order valence-corrected chi connectivity index (χ1v) is 12.5. The van der Waals surface area contributed by atoms with Crippen LogP contribution in [0.3, 0.4) is 0 Å². The maximum Gasteiger partial charge on any atom is 0.305 e. The zero-order valence-electron chi connectivity index (χ0n) is 19.9. The smallest absolute Gasteiger partial charge is 0.305 e. The van der Waals surface area contributed by atoms with E-state index in [0.717, 1.165) is 37.5 Å². The van der Waals surface area contributed by atoms with E-state index < -0.39 is 0 Å². The fraction of sp³-hybridized carbons (Fsp3) is 0.962. The number of fused-ring (bicyclic) bond motifs is 5. The molecule has 10 atom stereocenters. The first-order chi connectivity index (χ1) is 14.2. The van der Waals surface area contributed by atoms with Crippen molar-refractivity contribution in [2.45, 2.75) is 97.2 Å². The summed E-state index contributed by atoms with van der Waals surface area (Å²) in [5.74, 6) is 3.91. The van der Waals surface area contributed by atoms with Crippen LogP contribution >= 0.6 is 0 Å². The number of hydrogen-bond donors (Lipinski definition) is 1. The van der Waals surface area contributed by atoms with E-state index in [9.17, 15) is 9.90 Å². The van der Waals surface area contributed by atoms with Gasteiger partial charge in [0, 0.05) is 13.5 Å². The number of aliphatic hydroxyl groups excluding tert-OH is 1. The Labute approximate surface area is 183 Å². The van der Waals surface area contributed by atoms with Crippen molar-refractivity contribution in [3.8, 4) is 0 Å². The van der Waals surface area contributed by atoms with Crippen molar-refractivity contribution in [2.75, 3.05) is 14.2 Å². The van der Waals surface area contributed by atoms with E-state index in [1.807, 2.05) is 7.11 Å². The van der Waals surface area contributed by atoms with Gasteiger partial charge in [0.05, 0.1) is 19.3 Å². The van der Waals surface area contributed by atoms with Crippen molar-refractivity contribution in [2.24, 2.45) is 46.3 Å². The Morgan fingerprint density at radius 3 is 2.43 bits per heavy atom. The van der Waals surface area contributed by atoms with Crippen LogP contribution in [0.5, 0.6) is 0 Å². The second-order valence-corrected chi connectivity index (χ2v) is 11.8. The van der Waals surface area contributed by atoms with Gasteiger partial charge in [-0.1, -0.05) is 20.8 Å². The molecule has 4 aliphatic rings. The predicted octanol–water partition coefficient (Wildman–Crippen LogP) is 5.22. The number of carbonyl (C=O) groups excluding carboxylic acids is 1. The van der Waals surface area contributed by atoms with Gasteiger partial charge in [-0.2, -0.15) is 0 Å². The third kappa shape index (κ3) is 3.54. The first kappa shape index (κ1) is 22.6. The molecule has 4 rings (SSSR count). The molecule has 5 unspecified atom stereocenters. The number of esters is 1. The summed E-state index contributed by atoms with van der Waals surface area (Å²) >= 11 is 0. The largest absolute Gasteiger partial charge is 0.469 e. The molecule has 4 nitrogen and oxygen atoms in total. The van der Waals surface area contributed by atoms with Gasteiger partial charge in [0.15, 0.2) is 0 Å². The summed E-state index contributed by atoms with van der Waals surface area (Å²) in [4.78, 5) is 11.7. The lowest BCUT2D eigenvalue weighted by Gasteiger charge is -2.63. The molecule has 172 valence electrons. The van der Waals surface area contributed by atoms with Crippen molar-refractivity contribution >= 4 is 5.97 Å². The average Bonchev–Trinajstić information content (AvgIpc) is 3.09. The molecule has 4 fully saturated rings. The Morgan fingerprint density at radius 2 is 1.73 bits per heavy atom. The van der Waals surface area contributed by atoms with Gasteiger partial charge in [-0.25, -0.2) is 0 Å². The first-order valence-electron chi connectivity index (χ1n) is 12.5. The molecule has 0 radical (unpaired) electrons. The van der Waals surface area contributed by atoms with E-state index in [-0.39, 0.29) is 12.1 Å². The number of hydrogen-bond acceptors (Lipinski definition) is 4. The molecule has 4 aliphatic carbocycles. The summed E-state index contributed by atoms with van der Waals surface area (Å²) in [6.07, 6.45) is 11.2. The Bertz CT molecular complexity index is 635. The highest BCUT2D eigenvalue weighted by Gasteiger charge is 2.63. The molecule has 0 aromatic carbocycles. The molecular formula is C26H44O4. The second-order valence-electron chi connectivity index (χ2n) is 11.8. The van der Waals surface area contributed by atoms with Gasteiger partial charge in [-0.15, -0.1) is 0 Å². The Morgan fingerprint density at radius 1 is 1.03 bits per heavy atom. The number of ether oxygens (including phenoxy) is 2. The van der Waals surface area contributed by atoms with Crippen LogP contribution in [0.25, 0.3) is 0 Å². The number of aliphatic hydroxyl groups is 1. The van der Waals surface area contributed by atoms with Crippen molar-refractivity contribution < 1.29 is 19.4 Å². The topological polar surface area (TPSA) is 55.8 Å². The summed E-state index contributed by atoms with van der Waals surface area (Å²) in [7, 11) is 3.41. The maximum absolute atomic E-state index is 11.7. The van der Waals surface area contributed by atoms with E-state index in [4.69, 9.17) is 9.47 Å². The van der Waals surface area contributed by atoms with Crippen molar-refractivity contribution in [3.63, 3.8) is 0 Å². The maximum atomic E-state index is 11.7. The van der Waals surface area contributed by atoms with Crippen LogP contribution < -0.4 is 0 Å². The van der Waals surface area contributed by atoms with E-state index in [2.05, 4.69) is 20.8 Å². The molecule has 4 heteroatoms. The number of carbonyl (C=O) groups is 1. The number of rotatable bonds is 5. The van der Waals surface area contributed by atoms with Gasteiger partial charge >= 0.3 is 5.97 Å². The van der Waals surface area contributed by atoms with Crippen LogP contribution in [0.2, 0.25) is 0 Å². The summed E-state index contributed by atoms with van der Waals surface area (Å²) < 4.78 is 11.1. The van der Waals surface area contributed by atoms with Crippen molar-refractivity contribution in [3.05, 3.63) is 0 Å². The molecule has 30 heavy (non-hydrogen) atoms. The molecule has 0 aromatic heterocycles. The van der Waals surface area contributed by atoms with Crippen LogP contribution in [-0.4, -0.2) is 37.5 Å². The third-order valence-electron chi connectivity index (χ3n) is 10.7. The molecule has 0 aliphatic heterocycles. The molecule has 4 saturated carbocycles.